The fraction of sp³-hybridized carbons (Fsp3) is 0.308. The zero-order valence-electron chi connectivity index (χ0n) is 10.5. The molecule has 0 aliphatic heterocycles. The van der Waals surface area contributed by atoms with E-state index < -0.39 is 11.9 Å². The van der Waals surface area contributed by atoms with Gasteiger partial charge in [-0.1, -0.05) is 6.07 Å². The minimum atomic E-state index is -1.07. The predicted molar refractivity (Wildman–Crippen MR) is 68.3 cm³/mol. The number of rotatable bonds is 6. The van der Waals surface area contributed by atoms with Crippen LogP contribution in [0.3, 0.4) is 0 Å². The number of aryl methyl sites for hydroxylation is 1. The summed E-state index contributed by atoms with van der Waals surface area (Å²) in [6.45, 7) is 1.75. The maximum absolute atomic E-state index is 11.6. The average molecular weight is 265 g/mol. The molecule has 0 radical (unpaired) electrons. The number of carbonyl (C=O) groups is 3. The first-order valence-corrected chi connectivity index (χ1v) is 5.75. The average Bonchev–Trinajstić information content (AvgIpc) is 2.31. The normalized spacial score (nSPS) is 9.95. The van der Waals surface area contributed by atoms with Crippen LogP contribution < -0.4 is 5.32 Å². The first-order valence-electron chi connectivity index (χ1n) is 5.75. The number of hydrogen-bond donors (Lipinski definition) is 3. The zero-order valence-corrected chi connectivity index (χ0v) is 10.5. The Morgan fingerprint density at radius 2 is 1.84 bits per heavy atom. The van der Waals surface area contributed by atoms with Gasteiger partial charge in [0.25, 0.3) is 0 Å². The van der Waals surface area contributed by atoms with E-state index in [-0.39, 0.29) is 30.7 Å². The van der Waals surface area contributed by atoms with Crippen LogP contribution >= 0.6 is 0 Å². The highest BCUT2D eigenvalue weighted by Crippen LogP contribution is 2.17. The lowest BCUT2D eigenvalue weighted by Gasteiger charge is -2.09. The van der Waals surface area contributed by atoms with Crippen molar-refractivity contribution in [3.05, 3.63) is 29.3 Å². The SMILES string of the molecule is Cc1ccc(C(=O)O)cc1NC(=O)CCCC(=O)O. The number of amides is 1. The van der Waals surface area contributed by atoms with E-state index in [0.717, 1.165) is 5.56 Å². The van der Waals surface area contributed by atoms with Crippen molar-refractivity contribution in [2.45, 2.75) is 26.2 Å². The van der Waals surface area contributed by atoms with E-state index in [1.165, 1.54) is 12.1 Å². The molecule has 0 heterocycles. The van der Waals surface area contributed by atoms with Gasteiger partial charge >= 0.3 is 11.9 Å². The van der Waals surface area contributed by atoms with Gasteiger partial charge in [0.1, 0.15) is 0 Å². The minimum Gasteiger partial charge on any atom is -0.481 e. The Bertz CT molecular complexity index is 510. The van der Waals surface area contributed by atoms with E-state index in [4.69, 9.17) is 10.2 Å². The molecule has 1 amide bonds. The van der Waals surface area contributed by atoms with Crippen LogP contribution in [0.4, 0.5) is 5.69 Å². The number of nitrogens with one attached hydrogen (secondary N) is 1. The van der Waals surface area contributed by atoms with Gasteiger partial charge in [-0.2, -0.15) is 0 Å². The maximum Gasteiger partial charge on any atom is 0.335 e. The predicted octanol–water partition coefficient (Wildman–Crippen LogP) is 1.89. The van der Waals surface area contributed by atoms with Gasteiger partial charge in [-0.25, -0.2) is 4.79 Å². The minimum absolute atomic E-state index is 0.0679. The fourth-order valence-corrected chi connectivity index (χ4v) is 1.50. The van der Waals surface area contributed by atoms with Gasteiger partial charge in [0.15, 0.2) is 0 Å². The molecule has 0 bridgehead atoms. The number of carboxylic acid groups (broad SMARTS) is 2. The summed E-state index contributed by atoms with van der Waals surface area (Å²) in [6.07, 6.45) is 0.267. The van der Waals surface area contributed by atoms with Crippen molar-refractivity contribution in [3.8, 4) is 0 Å². The Morgan fingerprint density at radius 1 is 1.16 bits per heavy atom. The number of anilines is 1. The van der Waals surface area contributed by atoms with Crippen LogP contribution in [0.1, 0.15) is 35.2 Å². The van der Waals surface area contributed by atoms with Crippen LogP contribution in [-0.4, -0.2) is 28.1 Å². The number of carbonyl (C=O) groups excluding carboxylic acids is 1. The third kappa shape index (κ3) is 4.79. The number of aliphatic carboxylic acids is 1. The molecule has 19 heavy (non-hydrogen) atoms. The van der Waals surface area contributed by atoms with Crippen LogP contribution in [0.15, 0.2) is 18.2 Å². The monoisotopic (exact) mass is 265 g/mol. The Hall–Kier alpha value is -2.37. The Morgan fingerprint density at radius 3 is 2.42 bits per heavy atom. The lowest BCUT2D eigenvalue weighted by molar-refractivity contribution is -0.137. The molecule has 0 fully saturated rings. The Kier molecular flexibility index (Phi) is 5.05. The lowest BCUT2D eigenvalue weighted by Crippen LogP contribution is -2.13. The molecular formula is C13H15NO5. The quantitative estimate of drug-likeness (QED) is 0.728. The number of aromatic carboxylic acids is 1. The van der Waals surface area contributed by atoms with E-state index in [1.54, 1.807) is 13.0 Å². The number of hydrogen-bond acceptors (Lipinski definition) is 3. The van der Waals surface area contributed by atoms with Crippen LogP contribution in [0.25, 0.3) is 0 Å². The van der Waals surface area contributed by atoms with Crippen molar-refractivity contribution in [1.29, 1.82) is 0 Å². The highest BCUT2D eigenvalue weighted by molar-refractivity contribution is 5.94. The molecule has 0 aromatic heterocycles. The highest BCUT2D eigenvalue weighted by Gasteiger charge is 2.09. The van der Waals surface area contributed by atoms with Gasteiger partial charge in [-0.15, -0.1) is 0 Å². The van der Waals surface area contributed by atoms with E-state index >= 15 is 0 Å². The second-order valence-electron chi connectivity index (χ2n) is 4.13. The molecule has 1 aromatic rings. The second kappa shape index (κ2) is 6.53. The van der Waals surface area contributed by atoms with Crippen molar-refractivity contribution >= 4 is 23.5 Å². The van der Waals surface area contributed by atoms with Gasteiger partial charge in [0.05, 0.1) is 5.56 Å². The molecule has 3 N–H and O–H groups in total. The molecule has 0 aliphatic rings. The van der Waals surface area contributed by atoms with Crippen molar-refractivity contribution in [2.75, 3.05) is 5.32 Å². The van der Waals surface area contributed by atoms with Gasteiger partial charge in [-0.3, -0.25) is 9.59 Å². The van der Waals surface area contributed by atoms with Crippen molar-refractivity contribution in [1.82, 2.24) is 0 Å². The molecular weight excluding hydrogens is 250 g/mol. The summed E-state index contributed by atoms with van der Waals surface area (Å²) in [5.41, 5.74) is 1.27. The van der Waals surface area contributed by atoms with E-state index in [2.05, 4.69) is 5.32 Å². The summed E-state index contributed by atoms with van der Waals surface area (Å²) in [6, 6.07) is 4.45. The van der Waals surface area contributed by atoms with Gasteiger partial charge in [-0.05, 0) is 31.0 Å². The molecule has 6 heteroatoms. The first-order chi connectivity index (χ1) is 8.90. The second-order valence-corrected chi connectivity index (χ2v) is 4.13. The molecule has 102 valence electrons. The van der Waals surface area contributed by atoms with E-state index in [9.17, 15) is 14.4 Å². The topological polar surface area (TPSA) is 104 Å². The third-order valence-corrected chi connectivity index (χ3v) is 2.55. The van der Waals surface area contributed by atoms with Crippen LogP contribution in [0.5, 0.6) is 0 Å². The summed E-state index contributed by atoms with van der Waals surface area (Å²) < 4.78 is 0. The van der Waals surface area contributed by atoms with Crippen LogP contribution in [0.2, 0.25) is 0 Å². The lowest BCUT2D eigenvalue weighted by atomic mass is 10.1. The summed E-state index contributed by atoms with van der Waals surface area (Å²) in [7, 11) is 0. The van der Waals surface area contributed by atoms with Gasteiger partial charge < -0.3 is 15.5 Å². The molecule has 6 nitrogen and oxygen atoms in total. The third-order valence-electron chi connectivity index (χ3n) is 2.55. The smallest absolute Gasteiger partial charge is 0.335 e. The summed E-state index contributed by atoms with van der Waals surface area (Å²) >= 11 is 0. The Labute approximate surface area is 110 Å². The fourth-order valence-electron chi connectivity index (χ4n) is 1.50. The molecule has 0 atom stereocenters. The Balaban J connectivity index is 2.65. The summed E-state index contributed by atoms with van der Waals surface area (Å²) in [5, 5.41) is 19.9. The zero-order chi connectivity index (χ0) is 14.4. The van der Waals surface area contributed by atoms with Crippen molar-refractivity contribution in [3.63, 3.8) is 0 Å². The summed E-state index contributed by atoms with van der Waals surface area (Å²) in [5.74, 6) is -2.34. The number of carboxylic acids is 2. The first kappa shape index (κ1) is 14.7. The van der Waals surface area contributed by atoms with Crippen LogP contribution in [-0.2, 0) is 9.59 Å². The molecule has 0 saturated heterocycles. The molecule has 1 rings (SSSR count). The van der Waals surface area contributed by atoms with E-state index in [0.29, 0.717) is 5.69 Å². The maximum atomic E-state index is 11.6. The summed E-state index contributed by atoms with van der Waals surface area (Å²) in [4.78, 5) is 32.7. The molecule has 0 saturated carbocycles. The van der Waals surface area contributed by atoms with Gasteiger partial charge in [0, 0.05) is 18.5 Å². The molecule has 0 spiro atoms. The molecule has 0 unspecified atom stereocenters. The van der Waals surface area contributed by atoms with Crippen LogP contribution in [0, 0.1) is 6.92 Å². The standard InChI is InChI=1S/C13H15NO5/c1-8-5-6-9(13(18)19)7-10(8)14-11(15)3-2-4-12(16)17/h5-7H,2-4H2,1H3,(H,14,15)(H,16,17)(H,18,19). The number of benzene rings is 1. The van der Waals surface area contributed by atoms with Gasteiger partial charge in [0.2, 0.25) is 5.91 Å². The highest BCUT2D eigenvalue weighted by atomic mass is 16.4. The molecule has 1 aromatic carbocycles. The van der Waals surface area contributed by atoms with Crippen molar-refractivity contribution in [2.24, 2.45) is 0 Å². The van der Waals surface area contributed by atoms with E-state index in [1.807, 2.05) is 0 Å². The molecule has 0 aliphatic carbocycles. The van der Waals surface area contributed by atoms with Crippen molar-refractivity contribution < 1.29 is 24.6 Å². The largest absolute Gasteiger partial charge is 0.481 e.